The molecule has 1 fully saturated rings. The first-order chi connectivity index (χ1) is 15.7. The molecule has 11 heteroatoms. The van der Waals surface area contributed by atoms with E-state index in [1.807, 2.05) is 0 Å². The highest BCUT2D eigenvalue weighted by Gasteiger charge is 2.36. The first-order valence-electron chi connectivity index (χ1n) is 9.58. The van der Waals surface area contributed by atoms with Crippen molar-refractivity contribution in [2.45, 2.75) is 13.5 Å². The standard InChI is InChI=1S/C22H18BrCl2NO6S/c1-3-31-20(27)10-26-21(28)19(33-22(26)29)8-13-7-17(30-2)18(9-14(13)23)32-11-12-4-5-15(24)16(25)6-12/h4-9H,3,10-11H2,1-2H3/b19-8+. The Morgan fingerprint density at radius 3 is 2.58 bits per heavy atom. The van der Waals surface area contributed by atoms with Crippen LogP contribution in [-0.2, 0) is 20.9 Å². The van der Waals surface area contributed by atoms with Gasteiger partial charge >= 0.3 is 5.97 Å². The van der Waals surface area contributed by atoms with Crippen LogP contribution in [0.4, 0.5) is 4.79 Å². The number of methoxy groups -OCH3 is 1. The van der Waals surface area contributed by atoms with Crippen LogP contribution in [0, 0.1) is 0 Å². The van der Waals surface area contributed by atoms with E-state index in [0.29, 0.717) is 31.6 Å². The van der Waals surface area contributed by atoms with Gasteiger partial charge in [0.1, 0.15) is 13.2 Å². The van der Waals surface area contributed by atoms with E-state index >= 15 is 0 Å². The molecule has 0 atom stereocenters. The minimum absolute atomic E-state index is 0.164. The van der Waals surface area contributed by atoms with Crippen LogP contribution in [0.25, 0.3) is 6.08 Å². The molecule has 0 unspecified atom stereocenters. The van der Waals surface area contributed by atoms with Gasteiger partial charge in [0.15, 0.2) is 11.5 Å². The number of nitrogens with zero attached hydrogens (tertiary/aromatic N) is 1. The lowest BCUT2D eigenvalue weighted by molar-refractivity contribution is -0.145. The molecule has 0 spiro atoms. The summed E-state index contributed by atoms with van der Waals surface area (Å²) in [7, 11) is 1.49. The van der Waals surface area contributed by atoms with Gasteiger partial charge in [0, 0.05) is 4.47 Å². The third-order valence-corrected chi connectivity index (χ3v) is 6.75. The van der Waals surface area contributed by atoms with Crippen molar-refractivity contribution in [2.75, 3.05) is 20.3 Å². The van der Waals surface area contributed by atoms with Crippen LogP contribution in [0.2, 0.25) is 10.0 Å². The van der Waals surface area contributed by atoms with E-state index in [2.05, 4.69) is 15.9 Å². The summed E-state index contributed by atoms with van der Waals surface area (Å²) in [5.74, 6) is -0.325. The molecule has 2 aromatic carbocycles. The van der Waals surface area contributed by atoms with Crippen molar-refractivity contribution < 1.29 is 28.6 Å². The van der Waals surface area contributed by atoms with Crippen LogP contribution in [-0.4, -0.2) is 42.3 Å². The predicted molar refractivity (Wildman–Crippen MR) is 131 cm³/mol. The molecule has 0 N–H and O–H groups in total. The van der Waals surface area contributed by atoms with Gasteiger partial charge in [-0.25, -0.2) is 0 Å². The first kappa shape index (κ1) is 25.4. The number of ether oxygens (including phenoxy) is 3. The average Bonchev–Trinajstić information content (AvgIpc) is 3.03. The molecule has 0 saturated carbocycles. The number of carbonyl (C=O) groups is 3. The molecule has 1 aliphatic rings. The summed E-state index contributed by atoms with van der Waals surface area (Å²) >= 11 is 16.2. The molecule has 1 saturated heterocycles. The summed E-state index contributed by atoms with van der Waals surface area (Å²) in [6.07, 6.45) is 1.55. The number of thioether (sulfide) groups is 1. The fourth-order valence-corrected chi connectivity index (χ4v) is 4.42. The number of amides is 2. The predicted octanol–water partition coefficient (Wildman–Crippen LogP) is 5.94. The normalized spacial score (nSPS) is 14.7. The van der Waals surface area contributed by atoms with E-state index in [9.17, 15) is 14.4 Å². The van der Waals surface area contributed by atoms with Crippen molar-refractivity contribution >= 4 is 74.1 Å². The molecule has 33 heavy (non-hydrogen) atoms. The zero-order chi connectivity index (χ0) is 24.1. The van der Waals surface area contributed by atoms with Gasteiger partial charge in [0.05, 0.1) is 28.7 Å². The van der Waals surface area contributed by atoms with E-state index in [1.165, 1.54) is 7.11 Å². The average molecular weight is 575 g/mol. The lowest BCUT2D eigenvalue weighted by Crippen LogP contribution is -2.34. The minimum atomic E-state index is -0.646. The molecule has 0 radical (unpaired) electrons. The lowest BCUT2D eigenvalue weighted by Gasteiger charge is -2.13. The molecule has 174 valence electrons. The van der Waals surface area contributed by atoms with Gasteiger partial charge in [0.2, 0.25) is 0 Å². The monoisotopic (exact) mass is 573 g/mol. The van der Waals surface area contributed by atoms with Crippen LogP contribution >= 0.6 is 50.9 Å². The van der Waals surface area contributed by atoms with Crippen LogP contribution in [0.15, 0.2) is 39.7 Å². The highest BCUT2D eigenvalue weighted by atomic mass is 79.9. The number of carbonyl (C=O) groups excluding carboxylic acids is 3. The molecule has 0 aliphatic carbocycles. The maximum absolute atomic E-state index is 12.6. The molecule has 2 aromatic rings. The largest absolute Gasteiger partial charge is 0.493 e. The Kier molecular flexibility index (Phi) is 8.69. The van der Waals surface area contributed by atoms with Crippen molar-refractivity contribution in [3.8, 4) is 11.5 Å². The Labute approximate surface area is 213 Å². The van der Waals surface area contributed by atoms with Gasteiger partial charge in [0.25, 0.3) is 11.1 Å². The summed E-state index contributed by atoms with van der Waals surface area (Å²) in [6, 6.07) is 8.58. The van der Waals surface area contributed by atoms with E-state index in [1.54, 1.807) is 43.3 Å². The second-order valence-electron chi connectivity index (χ2n) is 6.63. The Hall–Kier alpha value is -2.20. The van der Waals surface area contributed by atoms with Crippen LogP contribution < -0.4 is 9.47 Å². The molecule has 0 aromatic heterocycles. The van der Waals surface area contributed by atoms with Crippen molar-refractivity contribution in [1.82, 2.24) is 4.90 Å². The maximum atomic E-state index is 12.6. The second kappa shape index (κ2) is 11.3. The topological polar surface area (TPSA) is 82.1 Å². The fraction of sp³-hybridized carbons (Fsp3) is 0.227. The Morgan fingerprint density at radius 2 is 1.91 bits per heavy atom. The minimum Gasteiger partial charge on any atom is -0.493 e. The number of benzene rings is 2. The van der Waals surface area contributed by atoms with Crippen LogP contribution in [0.3, 0.4) is 0 Å². The summed E-state index contributed by atoms with van der Waals surface area (Å²) in [6.45, 7) is 1.61. The number of rotatable bonds is 8. The number of imide groups is 1. The molecule has 1 heterocycles. The maximum Gasteiger partial charge on any atom is 0.326 e. The molecular formula is C22H18BrCl2NO6S. The molecule has 0 bridgehead atoms. The summed E-state index contributed by atoms with van der Waals surface area (Å²) in [5.41, 5.74) is 1.41. The Bertz CT molecular complexity index is 1140. The highest BCUT2D eigenvalue weighted by molar-refractivity contribution is 9.10. The van der Waals surface area contributed by atoms with Crippen molar-refractivity contribution in [1.29, 1.82) is 0 Å². The number of esters is 1. The van der Waals surface area contributed by atoms with Crippen LogP contribution in [0.1, 0.15) is 18.1 Å². The second-order valence-corrected chi connectivity index (χ2v) is 9.30. The summed E-state index contributed by atoms with van der Waals surface area (Å²) in [4.78, 5) is 37.5. The van der Waals surface area contributed by atoms with Gasteiger partial charge in [-0.2, -0.15) is 0 Å². The third kappa shape index (κ3) is 6.23. The molecule has 3 rings (SSSR count). The van der Waals surface area contributed by atoms with Gasteiger partial charge < -0.3 is 14.2 Å². The quantitative estimate of drug-likeness (QED) is 0.285. The smallest absolute Gasteiger partial charge is 0.326 e. The Morgan fingerprint density at radius 1 is 1.15 bits per heavy atom. The van der Waals surface area contributed by atoms with E-state index < -0.39 is 23.7 Å². The fourth-order valence-electron chi connectivity index (χ4n) is 2.84. The van der Waals surface area contributed by atoms with Crippen LogP contribution in [0.5, 0.6) is 11.5 Å². The zero-order valence-corrected chi connectivity index (χ0v) is 21.4. The summed E-state index contributed by atoms with van der Waals surface area (Å²) < 4.78 is 16.7. The van der Waals surface area contributed by atoms with E-state index in [4.69, 9.17) is 37.4 Å². The van der Waals surface area contributed by atoms with E-state index in [0.717, 1.165) is 22.2 Å². The number of halogens is 3. The lowest BCUT2D eigenvalue weighted by atomic mass is 10.1. The van der Waals surface area contributed by atoms with Gasteiger partial charge in [-0.3, -0.25) is 19.3 Å². The van der Waals surface area contributed by atoms with Gasteiger partial charge in [-0.15, -0.1) is 0 Å². The highest BCUT2D eigenvalue weighted by Crippen LogP contribution is 2.38. The molecule has 2 amide bonds. The van der Waals surface area contributed by atoms with Gasteiger partial charge in [-0.1, -0.05) is 45.2 Å². The zero-order valence-electron chi connectivity index (χ0n) is 17.5. The SMILES string of the molecule is CCOC(=O)CN1C(=O)S/C(=C/c2cc(OC)c(OCc3ccc(Cl)c(Cl)c3)cc2Br)C1=O. The van der Waals surface area contributed by atoms with Crippen molar-refractivity contribution in [3.63, 3.8) is 0 Å². The van der Waals surface area contributed by atoms with E-state index in [-0.39, 0.29) is 18.1 Å². The Balaban J connectivity index is 1.79. The number of hydrogen-bond acceptors (Lipinski definition) is 7. The third-order valence-electron chi connectivity index (χ3n) is 4.41. The first-order valence-corrected chi connectivity index (χ1v) is 11.9. The molecule has 7 nitrogen and oxygen atoms in total. The van der Waals surface area contributed by atoms with Gasteiger partial charge in [-0.05, 0) is 60.2 Å². The molecular weight excluding hydrogens is 557 g/mol. The molecule has 1 aliphatic heterocycles. The van der Waals surface area contributed by atoms with Crippen molar-refractivity contribution in [3.05, 3.63) is 60.9 Å². The summed E-state index contributed by atoms with van der Waals surface area (Å²) in [5, 5.41) is 0.346. The van der Waals surface area contributed by atoms with Crippen molar-refractivity contribution in [2.24, 2.45) is 0 Å². The number of hydrogen-bond donors (Lipinski definition) is 0.